The van der Waals surface area contributed by atoms with Gasteiger partial charge in [0.25, 0.3) is 0 Å². The van der Waals surface area contributed by atoms with E-state index in [2.05, 4.69) is 0 Å². The molecule has 1 amide bonds. The lowest BCUT2D eigenvalue weighted by atomic mass is 9.80. The van der Waals surface area contributed by atoms with Crippen LogP contribution in [0.3, 0.4) is 0 Å². The number of aliphatic hydroxyl groups excluding tert-OH is 1. The Labute approximate surface area is 149 Å². The first-order chi connectivity index (χ1) is 12.2. The molecule has 1 heterocycles. The first-order valence-electron chi connectivity index (χ1n) is 9.25. The Balaban J connectivity index is 1.65. The Hall–Kier alpha value is -2.06. The number of carbonyl (C=O) groups is 1. The summed E-state index contributed by atoms with van der Waals surface area (Å²) in [6, 6.07) is 9.51. The van der Waals surface area contributed by atoms with Crippen LogP contribution in [0.4, 0.5) is 0 Å². The number of nitrogens with zero attached hydrogens (tertiary/aromatic N) is 2. The van der Waals surface area contributed by atoms with Crippen LogP contribution in [0.5, 0.6) is 5.75 Å². The van der Waals surface area contributed by atoms with Gasteiger partial charge in [-0.3, -0.25) is 4.79 Å². The molecular weight excluding hydrogens is 316 g/mol. The standard InChI is InChI=1S/C20H26N2O3/c21-10-12-25-16-6-3-5-15(13-16)14-20(24)22-11-4-8-18(22)17-7-1-2-9-19(17)23/h3,5-6,13,17-19,23H,1-2,4,7-9,11-12,14H2/t17-,18-,19+/m1/s1. The average Bonchev–Trinajstić information content (AvgIpc) is 3.10. The number of rotatable bonds is 5. The van der Waals surface area contributed by atoms with Crippen LogP contribution in [0.2, 0.25) is 0 Å². The van der Waals surface area contributed by atoms with Crippen LogP contribution in [0, 0.1) is 17.2 Å². The number of benzene rings is 1. The van der Waals surface area contributed by atoms with E-state index in [-0.39, 0.29) is 30.6 Å². The molecule has 0 bridgehead atoms. The van der Waals surface area contributed by atoms with Gasteiger partial charge in [0.1, 0.15) is 11.8 Å². The summed E-state index contributed by atoms with van der Waals surface area (Å²) in [5.41, 5.74) is 0.898. The minimum Gasteiger partial charge on any atom is -0.479 e. The molecule has 1 saturated carbocycles. The maximum Gasteiger partial charge on any atom is 0.227 e. The molecule has 0 unspecified atom stereocenters. The van der Waals surface area contributed by atoms with Crippen molar-refractivity contribution in [3.8, 4) is 11.8 Å². The van der Waals surface area contributed by atoms with Gasteiger partial charge in [-0.25, -0.2) is 0 Å². The molecule has 0 aromatic heterocycles. The Morgan fingerprint density at radius 1 is 1.28 bits per heavy atom. The second-order valence-corrected chi connectivity index (χ2v) is 7.08. The molecule has 1 aliphatic carbocycles. The molecule has 134 valence electrons. The summed E-state index contributed by atoms with van der Waals surface area (Å²) in [7, 11) is 0. The Morgan fingerprint density at radius 3 is 2.92 bits per heavy atom. The smallest absolute Gasteiger partial charge is 0.227 e. The molecule has 1 aliphatic heterocycles. The molecule has 1 N–H and O–H groups in total. The zero-order valence-electron chi connectivity index (χ0n) is 14.6. The molecule has 0 radical (unpaired) electrons. The van der Waals surface area contributed by atoms with E-state index in [0.29, 0.717) is 12.2 Å². The van der Waals surface area contributed by atoms with Crippen molar-refractivity contribution in [1.29, 1.82) is 5.26 Å². The first kappa shape index (κ1) is 17.8. The van der Waals surface area contributed by atoms with Crippen LogP contribution in [-0.4, -0.2) is 41.2 Å². The van der Waals surface area contributed by atoms with Gasteiger partial charge in [-0.1, -0.05) is 25.0 Å². The van der Waals surface area contributed by atoms with Gasteiger partial charge in [-0.05, 0) is 43.4 Å². The van der Waals surface area contributed by atoms with Gasteiger partial charge in [-0.15, -0.1) is 0 Å². The normalized spacial score (nSPS) is 26.2. The molecule has 2 aliphatic rings. The Kier molecular flexibility index (Phi) is 5.93. The summed E-state index contributed by atoms with van der Waals surface area (Å²) in [6.45, 7) is 0.794. The van der Waals surface area contributed by atoms with Crippen molar-refractivity contribution in [2.75, 3.05) is 13.2 Å². The molecule has 1 aromatic rings. The van der Waals surface area contributed by atoms with E-state index in [1.165, 1.54) is 0 Å². The average molecular weight is 342 g/mol. The number of nitriles is 1. The van der Waals surface area contributed by atoms with E-state index >= 15 is 0 Å². The molecule has 5 heteroatoms. The second kappa shape index (κ2) is 8.35. The van der Waals surface area contributed by atoms with E-state index < -0.39 is 0 Å². The highest BCUT2D eigenvalue weighted by Gasteiger charge is 2.38. The summed E-state index contributed by atoms with van der Waals surface area (Å²) in [5.74, 6) is 0.968. The number of ether oxygens (including phenoxy) is 1. The highest BCUT2D eigenvalue weighted by atomic mass is 16.5. The van der Waals surface area contributed by atoms with Gasteiger partial charge in [-0.2, -0.15) is 5.26 Å². The van der Waals surface area contributed by atoms with E-state index in [0.717, 1.165) is 50.6 Å². The van der Waals surface area contributed by atoms with Crippen LogP contribution in [0.1, 0.15) is 44.1 Å². The zero-order valence-corrected chi connectivity index (χ0v) is 14.6. The number of likely N-dealkylation sites (tertiary alicyclic amines) is 1. The van der Waals surface area contributed by atoms with Crippen LogP contribution in [0.25, 0.3) is 0 Å². The van der Waals surface area contributed by atoms with Gasteiger partial charge in [0, 0.05) is 18.5 Å². The second-order valence-electron chi connectivity index (χ2n) is 7.08. The van der Waals surface area contributed by atoms with Crippen molar-refractivity contribution in [3.63, 3.8) is 0 Å². The van der Waals surface area contributed by atoms with Gasteiger partial charge in [0.05, 0.1) is 12.5 Å². The van der Waals surface area contributed by atoms with E-state index in [1.807, 2.05) is 29.2 Å². The SMILES string of the molecule is N#CCOc1cccc(CC(=O)N2CCC[C@@H]2[C@H]2CCCC[C@@H]2O)c1. The molecule has 25 heavy (non-hydrogen) atoms. The lowest BCUT2D eigenvalue weighted by molar-refractivity contribution is -0.133. The van der Waals surface area contributed by atoms with Crippen molar-refractivity contribution in [3.05, 3.63) is 29.8 Å². The highest BCUT2D eigenvalue weighted by molar-refractivity contribution is 5.79. The molecular formula is C20H26N2O3. The van der Waals surface area contributed by atoms with Crippen molar-refractivity contribution in [2.24, 2.45) is 5.92 Å². The lowest BCUT2D eigenvalue weighted by Crippen LogP contribution is -2.45. The summed E-state index contributed by atoms with van der Waals surface area (Å²) in [5, 5.41) is 19.0. The third-order valence-corrected chi connectivity index (χ3v) is 5.45. The highest BCUT2D eigenvalue weighted by Crippen LogP contribution is 2.35. The summed E-state index contributed by atoms with van der Waals surface area (Å²) < 4.78 is 5.31. The largest absolute Gasteiger partial charge is 0.479 e. The predicted molar refractivity (Wildman–Crippen MR) is 94.0 cm³/mol. The number of hydrogen-bond acceptors (Lipinski definition) is 4. The van der Waals surface area contributed by atoms with Crippen molar-refractivity contribution in [1.82, 2.24) is 4.90 Å². The van der Waals surface area contributed by atoms with Crippen LogP contribution >= 0.6 is 0 Å². The molecule has 3 rings (SSSR count). The van der Waals surface area contributed by atoms with Gasteiger partial charge in [0.15, 0.2) is 6.61 Å². The van der Waals surface area contributed by atoms with Gasteiger partial charge < -0.3 is 14.7 Å². The maximum absolute atomic E-state index is 12.9. The van der Waals surface area contributed by atoms with Crippen molar-refractivity contribution in [2.45, 2.75) is 57.1 Å². The van der Waals surface area contributed by atoms with Gasteiger partial charge in [0.2, 0.25) is 5.91 Å². The molecule has 2 fully saturated rings. The summed E-state index contributed by atoms with van der Waals surface area (Å²) in [4.78, 5) is 14.8. The fourth-order valence-electron chi connectivity index (χ4n) is 4.27. The predicted octanol–water partition coefficient (Wildman–Crippen LogP) is 2.67. The third kappa shape index (κ3) is 4.32. The first-order valence-corrected chi connectivity index (χ1v) is 9.25. The third-order valence-electron chi connectivity index (χ3n) is 5.45. The summed E-state index contributed by atoms with van der Waals surface area (Å²) >= 11 is 0. The number of hydrogen-bond donors (Lipinski definition) is 1. The Bertz CT molecular complexity index is 640. The molecule has 3 atom stereocenters. The monoisotopic (exact) mass is 342 g/mol. The van der Waals surface area contributed by atoms with Crippen LogP contribution in [0.15, 0.2) is 24.3 Å². The minimum absolute atomic E-state index is 0.00513. The number of aliphatic hydroxyl groups is 1. The zero-order chi connectivity index (χ0) is 17.6. The number of carbonyl (C=O) groups excluding carboxylic acids is 1. The lowest BCUT2D eigenvalue weighted by Gasteiger charge is -2.37. The Morgan fingerprint density at radius 2 is 2.12 bits per heavy atom. The summed E-state index contributed by atoms with van der Waals surface area (Å²) in [6.07, 6.45) is 6.21. The molecule has 1 saturated heterocycles. The fourth-order valence-corrected chi connectivity index (χ4v) is 4.27. The van der Waals surface area contributed by atoms with E-state index in [4.69, 9.17) is 10.00 Å². The van der Waals surface area contributed by atoms with E-state index in [9.17, 15) is 9.90 Å². The van der Waals surface area contributed by atoms with E-state index in [1.54, 1.807) is 6.07 Å². The minimum atomic E-state index is -0.269. The fraction of sp³-hybridized carbons (Fsp3) is 0.600. The maximum atomic E-state index is 12.9. The topological polar surface area (TPSA) is 73.6 Å². The van der Waals surface area contributed by atoms with Crippen LogP contribution < -0.4 is 4.74 Å². The quantitative estimate of drug-likeness (QED) is 0.893. The molecule has 5 nitrogen and oxygen atoms in total. The molecule has 1 aromatic carbocycles. The van der Waals surface area contributed by atoms with Crippen LogP contribution in [-0.2, 0) is 11.2 Å². The number of amides is 1. The van der Waals surface area contributed by atoms with Gasteiger partial charge >= 0.3 is 0 Å². The molecule has 0 spiro atoms. The van der Waals surface area contributed by atoms with Crippen molar-refractivity contribution >= 4 is 5.91 Å². The van der Waals surface area contributed by atoms with Crippen molar-refractivity contribution < 1.29 is 14.6 Å².